The number of nitrogens with one attached hydrogen (secondary N) is 2. The van der Waals surface area contributed by atoms with Gasteiger partial charge in [0.05, 0.1) is 4.90 Å². The molecule has 1 fully saturated rings. The Kier molecular flexibility index (Phi) is 6.77. The van der Waals surface area contributed by atoms with Gasteiger partial charge in [-0.05, 0) is 45.7 Å². The lowest BCUT2D eigenvalue weighted by molar-refractivity contribution is -0.156. The quantitative estimate of drug-likeness (QED) is 0.698. The van der Waals surface area contributed by atoms with Crippen LogP contribution in [0.15, 0.2) is 29.2 Å². The van der Waals surface area contributed by atoms with Gasteiger partial charge in [-0.25, -0.2) is 8.42 Å². The van der Waals surface area contributed by atoms with Crippen molar-refractivity contribution < 1.29 is 22.7 Å². The minimum Gasteiger partial charge on any atom is -0.451 e. The summed E-state index contributed by atoms with van der Waals surface area (Å²) in [6.45, 7) is 4.71. The summed E-state index contributed by atoms with van der Waals surface area (Å²) < 4.78 is 32.0. The zero-order chi connectivity index (χ0) is 19.3. The van der Waals surface area contributed by atoms with Gasteiger partial charge in [0, 0.05) is 6.04 Å². The molecular weight excluding hydrogens is 356 g/mol. The molecule has 0 saturated heterocycles. The summed E-state index contributed by atoms with van der Waals surface area (Å²) in [5.74, 6) is -1.16. The third-order valence-corrected chi connectivity index (χ3v) is 5.94. The van der Waals surface area contributed by atoms with E-state index in [0.29, 0.717) is 0 Å². The second-order valence-corrected chi connectivity index (χ2v) is 8.44. The summed E-state index contributed by atoms with van der Waals surface area (Å²) in [6.07, 6.45) is 3.04. The molecule has 0 unspecified atom stereocenters. The second-order valence-electron chi connectivity index (χ2n) is 6.73. The average molecular weight is 382 g/mol. The van der Waals surface area contributed by atoms with Gasteiger partial charge in [0.2, 0.25) is 10.0 Å². The van der Waals surface area contributed by atoms with Crippen LogP contribution in [0.3, 0.4) is 0 Å². The molecule has 1 aromatic carbocycles. The number of sulfonamides is 1. The van der Waals surface area contributed by atoms with Gasteiger partial charge in [0.1, 0.15) is 6.04 Å². The molecule has 0 spiro atoms. The van der Waals surface area contributed by atoms with E-state index < -0.39 is 28.1 Å². The normalized spacial score (nSPS) is 17.5. The van der Waals surface area contributed by atoms with Crippen LogP contribution in [0.2, 0.25) is 0 Å². The minimum absolute atomic E-state index is 0.0646. The zero-order valence-corrected chi connectivity index (χ0v) is 16.1. The van der Waals surface area contributed by atoms with E-state index in [-0.39, 0.29) is 16.8 Å². The predicted octanol–water partition coefficient (Wildman–Crippen LogP) is 1.65. The lowest BCUT2D eigenvalue weighted by Gasteiger charge is -2.19. The molecule has 0 radical (unpaired) electrons. The first-order valence-corrected chi connectivity index (χ1v) is 10.3. The molecular formula is C18H26N2O5S. The van der Waals surface area contributed by atoms with Gasteiger partial charge in [-0.2, -0.15) is 4.72 Å². The topological polar surface area (TPSA) is 102 Å². The van der Waals surface area contributed by atoms with Crippen LogP contribution < -0.4 is 10.0 Å². The lowest BCUT2D eigenvalue weighted by Crippen LogP contribution is -2.45. The molecule has 1 aliphatic carbocycles. The molecule has 2 rings (SSSR count). The van der Waals surface area contributed by atoms with Crippen molar-refractivity contribution in [1.29, 1.82) is 0 Å². The van der Waals surface area contributed by atoms with Crippen LogP contribution in [-0.2, 0) is 24.3 Å². The Morgan fingerprint density at radius 2 is 1.69 bits per heavy atom. The molecule has 2 N–H and O–H groups in total. The van der Waals surface area contributed by atoms with Crippen LogP contribution in [0, 0.1) is 6.92 Å². The third kappa shape index (κ3) is 5.54. The van der Waals surface area contributed by atoms with Gasteiger partial charge >= 0.3 is 5.97 Å². The highest BCUT2D eigenvalue weighted by molar-refractivity contribution is 7.89. The molecule has 8 heteroatoms. The Balaban J connectivity index is 1.89. The number of amides is 1. The zero-order valence-electron chi connectivity index (χ0n) is 15.3. The molecule has 0 bridgehead atoms. The van der Waals surface area contributed by atoms with Crippen molar-refractivity contribution in [3.05, 3.63) is 29.8 Å². The molecule has 144 valence electrons. The van der Waals surface area contributed by atoms with E-state index in [1.807, 2.05) is 6.92 Å². The van der Waals surface area contributed by atoms with Crippen molar-refractivity contribution in [2.24, 2.45) is 0 Å². The fourth-order valence-electron chi connectivity index (χ4n) is 2.78. The first kappa shape index (κ1) is 20.4. The highest BCUT2D eigenvalue weighted by Gasteiger charge is 2.27. The summed E-state index contributed by atoms with van der Waals surface area (Å²) in [5.41, 5.74) is 0.929. The predicted molar refractivity (Wildman–Crippen MR) is 96.9 cm³/mol. The maximum absolute atomic E-state index is 12.3. The summed E-state index contributed by atoms with van der Waals surface area (Å²) >= 11 is 0. The second kappa shape index (κ2) is 8.64. The minimum atomic E-state index is -3.85. The van der Waals surface area contributed by atoms with Crippen molar-refractivity contribution in [3.63, 3.8) is 0 Å². The monoisotopic (exact) mass is 382 g/mol. The number of aryl methyl sites for hydroxylation is 1. The number of hydrogen-bond acceptors (Lipinski definition) is 5. The van der Waals surface area contributed by atoms with Crippen LogP contribution in [0.5, 0.6) is 0 Å². The van der Waals surface area contributed by atoms with Crippen molar-refractivity contribution in [2.75, 3.05) is 0 Å². The molecule has 0 heterocycles. The maximum Gasteiger partial charge on any atom is 0.324 e. The Morgan fingerprint density at radius 3 is 2.27 bits per heavy atom. The first-order chi connectivity index (χ1) is 12.2. The van der Waals surface area contributed by atoms with Crippen molar-refractivity contribution in [2.45, 2.75) is 69.5 Å². The molecule has 1 amide bonds. The van der Waals surface area contributed by atoms with E-state index >= 15 is 0 Å². The number of benzene rings is 1. The Bertz CT molecular complexity index is 739. The van der Waals surface area contributed by atoms with E-state index in [0.717, 1.165) is 31.2 Å². The summed E-state index contributed by atoms with van der Waals surface area (Å²) in [6, 6.07) is 5.30. The van der Waals surface area contributed by atoms with Crippen LogP contribution in [0.4, 0.5) is 0 Å². The lowest BCUT2D eigenvalue weighted by atomic mass is 10.2. The highest BCUT2D eigenvalue weighted by atomic mass is 32.2. The fraction of sp³-hybridized carbons (Fsp3) is 0.556. The van der Waals surface area contributed by atoms with Crippen molar-refractivity contribution >= 4 is 21.9 Å². The molecule has 0 aliphatic heterocycles. The largest absolute Gasteiger partial charge is 0.451 e. The van der Waals surface area contributed by atoms with Crippen molar-refractivity contribution in [3.8, 4) is 0 Å². The van der Waals surface area contributed by atoms with Gasteiger partial charge in [-0.1, -0.05) is 30.5 Å². The molecule has 1 aliphatic rings. The van der Waals surface area contributed by atoms with Gasteiger partial charge in [-0.3, -0.25) is 9.59 Å². The van der Waals surface area contributed by atoms with Crippen LogP contribution in [0.25, 0.3) is 0 Å². The molecule has 26 heavy (non-hydrogen) atoms. The average Bonchev–Trinajstić information content (AvgIpc) is 3.07. The standard InChI is InChI=1S/C18H26N2O5S/c1-12-8-10-16(11-9-12)26(23,24)20-13(2)18(22)25-14(3)17(21)19-15-6-4-5-7-15/h8-11,13-15,20H,4-7H2,1-3H3,(H,19,21)/t13-,14-/m0/s1. The van der Waals surface area contributed by atoms with Crippen molar-refractivity contribution in [1.82, 2.24) is 10.0 Å². The Morgan fingerprint density at radius 1 is 1.12 bits per heavy atom. The van der Waals surface area contributed by atoms with E-state index in [2.05, 4.69) is 10.0 Å². The number of carbonyl (C=O) groups excluding carboxylic acids is 2. The number of rotatable bonds is 7. The number of esters is 1. The maximum atomic E-state index is 12.3. The summed E-state index contributed by atoms with van der Waals surface area (Å²) in [4.78, 5) is 24.3. The number of carbonyl (C=O) groups is 2. The molecule has 1 saturated carbocycles. The molecule has 0 aromatic heterocycles. The third-order valence-electron chi connectivity index (χ3n) is 4.38. The van der Waals surface area contributed by atoms with Crippen LogP contribution >= 0.6 is 0 Å². The Hall–Kier alpha value is -1.93. The summed E-state index contributed by atoms with van der Waals surface area (Å²) in [7, 11) is -3.85. The van der Waals surface area contributed by atoms with E-state index in [1.54, 1.807) is 12.1 Å². The van der Waals surface area contributed by atoms with Gasteiger partial charge in [0.15, 0.2) is 6.10 Å². The SMILES string of the molecule is Cc1ccc(S(=O)(=O)N[C@@H](C)C(=O)O[C@@H](C)C(=O)NC2CCCC2)cc1. The van der Waals surface area contributed by atoms with Gasteiger partial charge < -0.3 is 10.1 Å². The van der Waals surface area contributed by atoms with Gasteiger partial charge in [0.25, 0.3) is 5.91 Å². The fourth-order valence-corrected chi connectivity index (χ4v) is 3.98. The Labute approximate surface area is 154 Å². The molecule has 2 atom stereocenters. The number of ether oxygens (including phenoxy) is 1. The molecule has 1 aromatic rings. The first-order valence-electron chi connectivity index (χ1n) is 8.79. The highest BCUT2D eigenvalue weighted by Crippen LogP contribution is 2.18. The van der Waals surface area contributed by atoms with E-state index in [1.165, 1.54) is 26.0 Å². The van der Waals surface area contributed by atoms with E-state index in [4.69, 9.17) is 4.74 Å². The van der Waals surface area contributed by atoms with E-state index in [9.17, 15) is 18.0 Å². The van der Waals surface area contributed by atoms with Crippen LogP contribution in [0.1, 0.15) is 45.1 Å². The summed E-state index contributed by atoms with van der Waals surface area (Å²) in [5, 5.41) is 2.85. The van der Waals surface area contributed by atoms with Crippen LogP contribution in [-0.4, -0.2) is 38.5 Å². The number of hydrogen-bond donors (Lipinski definition) is 2. The molecule has 7 nitrogen and oxygen atoms in total. The van der Waals surface area contributed by atoms with Gasteiger partial charge in [-0.15, -0.1) is 0 Å². The smallest absolute Gasteiger partial charge is 0.324 e.